The molecule has 0 saturated carbocycles. The Morgan fingerprint density at radius 1 is 0.806 bits per heavy atom. The SMILES string of the molecule is CC(=O)Nc1ccc(C#N)[n+]([O-])c1.CC(=O)Nc1ccc(C#N)nc1.ClC(Cl)Cl.Cn1c(C#N)ccc(N)c1=O.N#Cc1ccc(N)c(=O)[nH]1.N#Cc1ccc(N)cn1.[2H]CF.[V]. The largest absolute Gasteiger partial charge is 0.618 e. The molecule has 2 amide bonds. The number of aromatic amines is 1. The predicted molar refractivity (Wildman–Crippen MR) is 226 cm³/mol. The van der Waals surface area contributed by atoms with Gasteiger partial charge in [-0.25, -0.2) is 9.97 Å². The summed E-state index contributed by atoms with van der Waals surface area (Å²) in [7, 11) is 0.511. The van der Waals surface area contributed by atoms with Gasteiger partial charge in [0.05, 0.1) is 43.7 Å². The summed E-state index contributed by atoms with van der Waals surface area (Å²) in [4.78, 5) is 52.6. The van der Waals surface area contributed by atoms with Gasteiger partial charge in [0, 0.05) is 45.5 Å². The van der Waals surface area contributed by atoms with Gasteiger partial charge in [0.15, 0.2) is 10.4 Å². The second kappa shape index (κ2) is 33.2. The summed E-state index contributed by atoms with van der Waals surface area (Å²) >= 11 is 14.4. The molecule has 0 aromatic carbocycles. The van der Waals surface area contributed by atoms with Gasteiger partial charge in [0.2, 0.25) is 18.0 Å². The third kappa shape index (κ3) is 25.6. The molecule has 0 spiro atoms. The number of pyridine rings is 5. The first-order valence-corrected chi connectivity index (χ1v) is 17.2. The molecular formula is C37H35Cl3FN15O5V. The number of hydrogen-bond donors (Lipinski definition) is 6. The van der Waals surface area contributed by atoms with Gasteiger partial charge in [-0.2, -0.15) is 31.0 Å². The number of nitrogen functional groups attached to an aromatic ring is 3. The van der Waals surface area contributed by atoms with Crippen molar-refractivity contribution in [1.29, 1.82) is 26.3 Å². The smallest absolute Gasteiger partial charge is 0.294 e. The van der Waals surface area contributed by atoms with Gasteiger partial charge < -0.3 is 42.6 Å². The van der Waals surface area contributed by atoms with Gasteiger partial charge >= 0.3 is 0 Å². The van der Waals surface area contributed by atoms with E-state index in [9.17, 15) is 28.8 Å². The molecule has 0 unspecified atom stereocenters. The first kappa shape index (κ1) is 56.4. The van der Waals surface area contributed by atoms with Crippen LogP contribution in [0.1, 0.15) is 43.7 Å². The zero-order valence-electron chi connectivity index (χ0n) is 33.5. The Kier molecular flexibility index (Phi) is 30.2. The molecule has 0 bridgehead atoms. The van der Waals surface area contributed by atoms with Crippen molar-refractivity contribution in [2.24, 2.45) is 7.05 Å². The standard InChI is InChI=1S/C8H7N3O2.C8H7N3O.C7H7N3O.C6H5N3O.C6H5N3.CHCl3.CH3F.V/c1-6(12)10-7-2-3-8(4-9)11(13)5-7;1-6(12)11-8-3-2-7(4-9)10-5-8;1-10-5(4-8)2-3-6(9)7(10)11;7-3-4-1-2-5(8)6(10)9-4;7-3-6-2-1-5(8)4-9-6;2-1(3)4;1-2;/h2-3,5H,1H3,(H,10,12);2-3,5H,1H3,(H,11,12);2-3H,9H2,1H3;1-2H,8H2,(H,9,10);1-2,4H,8H2;1H;1H3;/i;;;;;;1D;. The van der Waals surface area contributed by atoms with Crippen molar-refractivity contribution in [3.05, 3.63) is 134 Å². The average Bonchev–Trinajstić information content (AvgIpc) is 3.22. The van der Waals surface area contributed by atoms with Crippen molar-refractivity contribution in [2.45, 2.75) is 18.1 Å². The van der Waals surface area contributed by atoms with E-state index in [1.165, 1.54) is 74.3 Å². The Bertz CT molecular complexity index is 2550. The number of aromatic nitrogens is 5. The fourth-order valence-electron chi connectivity index (χ4n) is 3.37. The van der Waals surface area contributed by atoms with Gasteiger partial charge in [-0.15, -0.1) is 0 Å². The van der Waals surface area contributed by atoms with Gasteiger partial charge in [0.25, 0.3) is 16.8 Å². The van der Waals surface area contributed by atoms with Crippen LogP contribution in [0.15, 0.2) is 88.8 Å². The van der Waals surface area contributed by atoms with Crippen molar-refractivity contribution < 1.29 is 38.6 Å². The number of nitrogens with two attached hydrogens (primary N) is 3. The minimum Gasteiger partial charge on any atom is -0.618 e. The third-order valence-electron chi connectivity index (χ3n) is 5.96. The molecule has 321 valence electrons. The first-order valence-electron chi connectivity index (χ1n) is 16.6. The number of alkyl halides is 4. The number of nitrogens with one attached hydrogen (secondary N) is 3. The molecule has 0 aliphatic heterocycles. The molecule has 62 heavy (non-hydrogen) atoms. The summed E-state index contributed by atoms with van der Waals surface area (Å²) in [5.74, 6) is -0.411. The number of hydrogen-bond acceptors (Lipinski definition) is 15. The Morgan fingerprint density at radius 2 is 1.31 bits per heavy atom. The summed E-state index contributed by atoms with van der Waals surface area (Å²) < 4.78 is 16.4. The van der Waals surface area contributed by atoms with Crippen LogP contribution >= 0.6 is 34.8 Å². The van der Waals surface area contributed by atoms with E-state index >= 15 is 0 Å². The molecule has 0 atom stereocenters. The maximum absolute atomic E-state index is 11.0. The number of H-pyrrole nitrogens is 1. The van der Waals surface area contributed by atoms with E-state index in [4.69, 9.17) is 79.7 Å². The quantitative estimate of drug-likeness (QED) is 0.0832. The van der Waals surface area contributed by atoms with E-state index < -0.39 is 17.0 Å². The van der Waals surface area contributed by atoms with E-state index in [0.29, 0.717) is 38.9 Å². The molecule has 25 heteroatoms. The van der Waals surface area contributed by atoms with Gasteiger partial charge in [-0.1, -0.05) is 34.8 Å². The average molecular weight is 947 g/mol. The van der Waals surface area contributed by atoms with Crippen LogP contribution in [0.2, 0.25) is 0 Å². The van der Waals surface area contributed by atoms with Crippen molar-refractivity contribution in [1.82, 2.24) is 19.5 Å². The van der Waals surface area contributed by atoms with E-state index in [2.05, 4.69) is 25.6 Å². The number of carbonyl (C=O) groups is 2. The monoisotopic (exact) mass is 945 g/mol. The molecule has 5 aromatic rings. The van der Waals surface area contributed by atoms with Crippen LogP contribution in [0.3, 0.4) is 0 Å². The number of amides is 2. The second-order valence-electron chi connectivity index (χ2n) is 10.4. The minimum atomic E-state index is -1.00. The Labute approximate surface area is 382 Å². The normalized spacial score (nSPS) is 8.66. The topological polar surface area (TPSA) is 363 Å². The summed E-state index contributed by atoms with van der Waals surface area (Å²) in [5, 5.41) is 57.9. The molecule has 0 aliphatic carbocycles. The van der Waals surface area contributed by atoms with Crippen LogP contribution in [0.5, 0.6) is 0 Å². The number of halogens is 4. The van der Waals surface area contributed by atoms with Gasteiger partial charge in [-0.05, 0) is 54.6 Å². The van der Waals surface area contributed by atoms with Crippen molar-refractivity contribution in [3.63, 3.8) is 0 Å². The summed E-state index contributed by atoms with van der Waals surface area (Å²) in [6, 6.07) is 24.2. The molecule has 20 nitrogen and oxygen atoms in total. The van der Waals surface area contributed by atoms with Crippen LogP contribution in [-0.4, -0.2) is 42.8 Å². The van der Waals surface area contributed by atoms with Crippen molar-refractivity contribution >= 4 is 75.1 Å². The zero-order chi connectivity index (χ0) is 47.8. The number of nitrogens with zero attached hydrogens (tertiary/aromatic N) is 9. The fourth-order valence-corrected chi connectivity index (χ4v) is 3.37. The Morgan fingerprint density at radius 3 is 1.71 bits per heavy atom. The molecule has 1 radical (unpaired) electrons. The zero-order valence-corrected chi connectivity index (χ0v) is 36.2. The third-order valence-corrected chi connectivity index (χ3v) is 5.96. The van der Waals surface area contributed by atoms with Crippen molar-refractivity contribution in [3.8, 4) is 30.3 Å². The second-order valence-corrected chi connectivity index (χ2v) is 12.4. The van der Waals surface area contributed by atoms with Crippen LogP contribution in [0.25, 0.3) is 0 Å². The number of nitriles is 5. The minimum absolute atomic E-state index is 0. The Balaban J connectivity index is -0.000000688. The molecule has 5 rings (SSSR count). The molecule has 9 N–H and O–H groups in total. The van der Waals surface area contributed by atoms with Gasteiger partial charge in [0.1, 0.15) is 52.7 Å². The molecule has 0 saturated heterocycles. The van der Waals surface area contributed by atoms with Crippen LogP contribution < -0.4 is 43.7 Å². The van der Waals surface area contributed by atoms with E-state index in [1.807, 2.05) is 18.2 Å². The summed E-state index contributed by atoms with van der Waals surface area (Å²) in [6.45, 7) is 2.76. The van der Waals surface area contributed by atoms with E-state index in [1.54, 1.807) is 36.4 Å². The number of anilines is 5. The van der Waals surface area contributed by atoms with Crippen LogP contribution in [0.4, 0.5) is 32.8 Å². The van der Waals surface area contributed by atoms with Crippen molar-refractivity contribution in [2.75, 3.05) is 35.0 Å². The number of carbonyl (C=O) groups excluding carboxylic acids is 2. The maximum Gasteiger partial charge on any atom is 0.294 e. The number of rotatable bonds is 2. The molecule has 0 fully saturated rings. The van der Waals surface area contributed by atoms with Crippen LogP contribution in [-0.2, 0) is 35.2 Å². The fraction of sp³-hybridized carbons (Fsp3) is 0.135. The predicted octanol–water partition coefficient (Wildman–Crippen LogP) is 3.83. The van der Waals surface area contributed by atoms with Gasteiger partial charge in [-0.3, -0.25) is 23.6 Å². The van der Waals surface area contributed by atoms with E-state index in [-0.39, 0.29) is 58.7 Å². The van der Waals surface area contributed by atoms with E-state index in [0.717, 1.165) is 6.20 Å². The van der Waals surface area contributed by atoms with Crippen LogP contribution in [0, 0.1) is 61.9 Å². The maximum atomic E-state index is 11.0. The summed E-state index contributed by atoms with van der Waals surface area (Å²) in [5.41, 5.74) is 18.1. The Hall–Kier alpha value is -7.68. The molecular weight excluding hydrogens is 911 g/mol. The molecule has 5 aromatic heterocycles. The molecule has 5 heterocycles. The first-order chi connectivity index (χ1) is 29.2. The molecule has 0 aliphatic rings. The summed E-state index contributed by atoms with van der Waals surface area (Å²) in [6.07, 6.45) is 4.04.